The normalized spacial score (nSPS) is 17.2. The van der Waals surface area contributed by atoms with Gasteiger partial charge in [-0.15, -0.1) is 0 Å². The number of rotatable bonds is 12. The van der Waals surface area contributed by atoms with Crippen LogP contribution in [0, 0.1) is 6.92 Å². The Kier molecular flexibility index (Phi) is 12.3. The Morgan fingerprint density at radius 2 is 1.45 bits per heavy atom. The molecule has 4 atom stereocenters. The molecule has 0 spiro atoms. The number of benzene rings is 4. The number of halogens is 1. The maximum absolute atomic E-state index is 13.9. The summed E-state index contributed by atoms with van der Waals surface area (Å²) >= 11 is 3.52. The van der Waals surface area contributed by atoms with Crippen LogP contribution >= 0.6 is 15.9 Å². The van der Waals surface area contributed by atoms with E-state index in [1.54, 1.807) is 98.1 Å². The number of para-hydroxylation sites is 2. The van der Waals surface area contributed by atoms with Crippen LogP contribution in [0.25, 0.3) is 0 Å². The van der Waals surface area contributed by atoms with Gasteiger partial charge in [0.15, 0.2) is 12.2 Å². The number of aryl methyl sites for hydroxylation is 1. The zero-order valence-electron chi connectivity index (χ0n) is 27.8. The van der Waals surface area contributed by atoms with E-state index in [0.717, 1.165) is 11.1 Å². The van der Waals surface area contributed by atoms with Gasteiger partial charge in [0, 0.05) is 29.8 Å². The summed E-state index contributed by atoms with van der Waals surface area (Å²) in [4.78, 5) is 52.8. The number of nitrogens with one attached hydrogen (secondary N) is 3. The highest BCUT2D eigenvalue weighted by Crippen LogP contribution is 2.33. The lowest BCUT2D eigenvalue weighted by molar-refractivity contribution is -0.126. The Labute approximate surface area is 303 Å². The highest BCUT2D eigenvalue weighted by molar-refractivity contribution is 9.10. The minimum atomic E-state index is -1.23. The zero-order chi connectivity index (χ0) is 36.3. The first kappa shape index (κ1) is 36.5. The summed E-state index contributed by atoms with van der Waals surface area (Å²) in [6.45, 7) is 1.91. The van der Waals surface area contributed by atoms with Gasteiger partial charge in [0.1, 0.15) is 23.6 Å². The molecular weight excluding hydrogens is 720 g/mol. The van der Waals surface area contributed by atoms with E-state index in [-0.39, 0.29) is 18.4 Å². The van der Waals surface area contributed by atoms with Crippen LogP contribution in [-0.2, 0) is 25.5 Å². The standard InChI is InChI=1S/C38H37BrN4O8/c1-23-13-18-31(29(39)19-23)49-32-21-25(36(45)43-30(35(40)44)20-24-14-16-28(48-2)17-15-24)22-33(50-37(46)41-26-9-5-3-6-10-26)34(32)51-38(47)42-27-11-7-4-8-12-27/h3-19,21,30,32-34H,20,22H2,1-2H3,(H2,40,44)(H,41,46)(H,42,47)(H,43,45). The fraction of sp³-hybridized carbons (Fsp3) is 0.211. The number of carbonyl (C=O) groups excluding carboxylic acids is 4. The molecule has 4 aromatic rings. The molecule has 4 aromatic carbocycles. The minimum Gasteiger partial charge on any atom is -0.497 e. The number of anilines is 2. The summed E-state index contributed by atoms with van der Waals surface area (Å²) in [7, 11) is 1.54. The number of nitrogens with two attached hydrogens (primary N) is 1. The first-order valence-electron chi connectivity index (χ1n) is 16.0. The first-order chi connectivity index (χ1) is 24.6. The molecule has 5 N–H and O–H groups in total. The molecule has 0 bridgehead atoms. The summed E-state index contributed by atoms with van der Waals surface area (Å²) in [5.74, 6) is -0.384. The molecule has 51 heavy (non-hydrogen) atoms. The smallest absolute Gasteiger partial charge is 0.412 e. The largest absolute Gasteiger partial charge is 0.497 e. The molecule has 1 aliphatic carbocycles. The molecule has 264 valence electrons. The van der Waals surface area contributed by atoms with Crippen LogP contribution in [0.2, 0.25) is 0 Å². The Hall–Kier alpha value is -5.82. The van der Waals surface area contributed by atoms with Crippen molar-refractivity contribution in [3.8, 4) is 11.5 Å². The number of hydrogen-bond acceptors (Lipinski definition) is 8. The third kappa shape index (κ3) is 10.3. The molecule has 0 aliphatic heterocycles. The van der Waals surface area contributed by atoms with Crippen LogP contribution in [0.1, 0.15) is 17.5 Å². The molecule has 0 aromatic heterocycles. The summed E-state index contributed by atoms with van der Waals surface area (Å²) in [5, 5.41) is 8.04. The Morgan fingerprint density at radius 1 is 0.843 bits per heavy atom. The lowest BCUT2D eigenvalue weighted by Gasteiger charge is -2.36. The lowest BCUT2D eigenvalue weighted by Crippen LogP contribution is -2.52. The number of methoxy groups -OCH3 is 1. The van der Waals surface area contributed by atoms with Gasteiger partial charge in [-0.25, -0.2) is 9.59 Å². The van der Waals surface area contributed by atoms with Crippen molar-refractivity contribution < 1.29 is 38.1 Å². The fourth-order valence-corrected chi connectivity index (χ4v) is 5.93. The number of amides is 4. The van der Waals surface area contributed by atoms with Crippen molar-refractivity contribution in [1.29, 1.82) is 0 Å². The third-order valence-electron chi connectivity index (χ3n) is 7.91. The van der Waals surface area contributed by atoms with E-state index < -0.39 is 48.4 Å². The molecule has 4 unspecified atom stereocenters. The highest BCUT2D eigenvalue weighted by Gasteiger charge is 2.42. The molecule has 0 saturated heterocycles. The van der Waals surface area contributed by atoms with Crippen LogP contribution in [0.3, 0.4) is 0 Å². The minimum absolute atomic E-state index is 0.111. The maximum atomic E-state index is 13.9. The van der Waals surface area contributed by atoms with Crippen molar-refractivity contribution in [1.82, 2.24) is 5.32 Å². The first-order valence-corrected chi connectivity index (χ1v) is 16.8. The summed E-state index contributed by atoms with van der Waals surface area (Å²) in [5.41, 5.74) is 8.46. The highest BCUT2D eigenvalue weighted by atomic mass is 79.9. The van der Waals surface area contributed by atoms with Crippen LogP contribution in [-0.4, -0.2) is 55.5 Å². The number of ether oxygens (including phenoxy) is 4. The van der Waals surface area contributed by atoms with E-state index in [1.165, 1.54) is 6.08 Å². The van der Waals surface area contributed by atoms with E-state index >= 15 is 0 Å². The number of carbonyl (C=O) groups is 4. The van der Waals surface area contributed by atoms with E-state index in [1.807, 2.05) is 19.1 Å². The second kappa shape index (κ2) is 17.2. The molecule has 0 radical (unpaired) electrons. The lowest BCUT2D eigenvalue weighted by atomic mass is 9.90. The number of hydrogen-bond donors (Lipinski definition) is 4. The summed E-state index contributed by atoms with van der Waals surface area (Å²) < 4.78 is 23.9. The van der Waals surface area contributed by atoms with Crippen LogP contribution in [0.4, 0.5) is 21.0 Å². The zero-order valence-corrected chi connectivity index (χ0v) is 29.4. The topological polar surface area (TPSA) is 167 Å². The molecule has 4 amide bonds. The van der Waals surface area contributed by atoms with Gasteiger partial charge in [0.2, 0.25) is 11.8 Å². The van der Waals surface area contributed by atoms with Crippen LogP contribution < -0.4 is 31.2 Å². The van der Waals surface area contributed by atoms with Crippen molar-refractivity contribution in [2.75, 3.05) is 17.7 Å². The Balaban J connectivity index is 1.46. The number of primary amides is 1. The molecule has 0 heterocycles. The van der Waals surface area contributed by atoms with Gasteiger partial charge in [-0.05, 0) is 88.6 Å². The van der Waals surface area contributed by atoms with Gasteiger partial charge < -0.3 is 30.0 Å². The van der Waals surface area contributed by atoms with Gasteiger partial charge in [0.25, 0.3) is 0 Å². The monoisotopic (exact) mass is 756 g/mol. The quantitative estimate of drug-likeness (QED) is 0.131. The SMILES string of the molecule is COc1ccc(CC(NC(=O)C2=CC(Oc3ccc(C)cc3Br)C(OC(=O)Nc3ccccc3)C(OC(=O)Nc3ccccc3)C2)C(N)=O)cc1. The average molecular weight is 758 g/mol. The second-order valence-corrected chi connectivity index (χ2v) is 12.5. The van der Waals surface area contributed by atoms with Crippen LogP contribution in [0.5, 0.6) is 11.5 Å². The van der Waals surface area contributed by atoms with Crippen molar-refractivity contribution in [2.24, 2.45) is 5.73 Å². The fourth-order valence-electron chi connectivity index (χ4n) is 5.34. The molecule has 12 nitrogen and oxygen atoms in total. The molecule has 13 heteroatoms. The third-order valence-corrected chi connectivity index (χ3v) is 8.53. The van der Waals surface area contributed by atoms with Crippen molar-refractivity contribution in [2.45, 2.75) is 44.1 Å². The Bertz CT molecular complexity index is 1870. The summed E-state index contributed by atoms with van der Waals surface area (Å²) in [6.07, 6.45) is -3.87. The van der Waals surface area contributed by atoms with Crippen molar-refractivity contribution >= 4 is 51.3 Å². The van der Waals surface area contributed by atoms with Gasteiger partial charge >= 0.3 is 12.2 Å². The van der Waals surface area contributed by atoms with E-state index in [9.17, 15) is 19.2 Å². The van der Waals surface area contributed by atoms with Gasteiger partial charge in [-0.2, -0.15) is 0 Å². The van der Waals surface area contributed by atoms with Gasteiger partial charge in [-0.1, -0.05) is 54.6 Å². The molecule has 0 fully saturated rings. The second-order valence-electron chi connectivity index (χ2n) is 11.7. The maximum Gasteiger partial charge on any atom is 0.412 e. The van der Waals surface area contributed by atoms with Crippen LogP contribution in [0.15, 0.2) is 119 Å². The predicted molar refractivity (Wildman–Crippen MR) is 194 cm³/mol. The predicted octanol–water partition coefficient (Wildman–Crippen LogP) is 6.29. The van der Waals surface area contributed by atoms with Gasteiger partial charge in [0.05, 0.1) is 11.6 Å². The van der Waals surface area contributed by atoms with Crippen molar-refractivity contribution in [3.05, 3.63) is 130 Å². The molecule has 5 rings (SSSR count). The Morgan fingerprint density at radius 3 is 2.02 bits per heavy atom. The van der Waals surface area contributed by atoms with Gasteiger partial charge in [-0.3, -0.25) is 20.2 Å². The molecule has 0 saturated carbocycles. The molecule has 1 aliphatic rings. The van der Waals surface area contributed by atoms with E-state index in [2.05, 4.69) is 31.9 Å². The average Bonchev–Trinajstić information content (AvgIpc) is 3.11. The van der Waals surface area contributed by atoms with E-state index in [4.69, 9.17) is 24.7 Å². The van der Waals surface area contributed by atoms with Crippen molar-refractivity contribution in [3.63, 3.8) is 0 Å². The summed E-state index contributed by atoms with van der Waals surface area (Å²) in [6, 6.07) is 28.6. The molecular formula is C38H37BrN4O8. The van der Waals surface area contributed by atoms with E-state index in [0.29, 0.717) is 27.3 Å².